The summed E-state index contributed by atoms with van der Waals surface area (Å²) in [5, 5.41) is 5.20. The van der Waals surface area contributed by atoms with E-state index in [2.05, 4.69) is 43.9 Å². The van der Waals surface area contributed by atoms with E-state index in [4.69, 9.17) is 4.52 Å². The minimum atomic E-state index is 0.368. The van der Waals surface area contributed by atoms with Crippen molar-refractivity contribution in [1.82, 2.24) is 10.1 Å². The first-order valence-electron chi connectivity index (χ1n) is 5.35. The molecule has 3 nitrogen and oxygen atoms in total. The maximum absolute atomic E-state index is 5.24. The van der Waals surface area contributed by atoms with Gasteiger partial charge in [-0.05, 0) is 23.5 Å². The second-order valence-corrected chi connectivity index (χ2v) is 4.46. The summed E-state index contributed by atoms with van der Waals surface area (Å²) in [7, 11) is 0. The Hall–Kier alpha value is -1.38. The van der Waals surface area contributed by atoms with Gasteiger partial charge in [-0.2, -0.15) is 0 Å². The van der Waals surface area contributed by atoms with Gasteiger partial charge in [0.2, 0.25) is 0 Å². The lowest BCUT2D eigenvalue weighted by Gasteiger charge is -2.07. The SMILES string of the molecule is CC(C)c1ccnc2onc(C(C)C)c12. The predicted octanol–water partition coefficient (Wildman–Crippen LogP) is 3.47. The average molecular weight is 204 g/mol. The lowest BCUT2D eigenvalue weighted by atomic mass is 9.97. The third-order valence-corrected chi connectivity index (χ3v) is 2.60. The van der Waals surface area contributed by atoms with Crippen molar-refractivity contribution in [3.05, 3.63) is 23.5 Å². The number of rotatable bonds is 2. The summed E-state index contributed by atoms with van der Waals surface area (Å²) >= 11 is 0. The van der Waals surface area contributed by atoms with Crippen LogP contribution in [0.15, 0.2) is 16.8 Å². The smallest absolute Gasteiger partial charge is 0.258 e. The van der Waals surface area contributed by atoms with E-state index < -0.39 is 0 Å². The van der Waals surface area contributed by atoms with Crippen molar-refractivity contribution in [2.45, 2.75) is 39.5 Å². The first kappa shape index (κ1) is 10.1. The zero-order valence-electron chi connectivity index (χ0n) is 9.61. The number of hydrogen-bond acceptors (Lipinski definition) is 3. The molecule has 0 saturated heterocycles. The van der Waals surface area contributed by atoms with Gasteiger partial charge in [0.25, 0.3) is 5.71 Å². The highest BCUT2D eigenvalue weighted by molar-refractivity contribution is 5.80. The van der Waals surface area contributed by atoms with E-state index in [1.807, 2.05) is 0 Å². The van der Waals surface area contributed by atoms with E-state index in [0.29, 0.717) is 17.5 Å². The van der Waals surface area contributed by atoms with Crippen LogP contribution in [0.4, 0.5) is 0 Å². The summed E-state index contributed by atoms with van der Waals surface area (Å²) in [6.07, 6.45) is 1.78. The second kappa shape index (κ2) is 3.65. The first-order valence-corrected chi connectivity index (χ1v) is 5.35. The maximum atomic E-state index is 5.24. The topological polar surface area (TPSA) is 38.9 Å². The normalized spacial score (nSPS) is 11.9. The van der Waals surface area contributed by atoms with Crippen LogP contribution in [0.25, 0.3) is 11.1 Å². The molecule has 2 aromatic heterocycles. The number of hydrogen-bond donors (Lipinski definition) is 0. The van der Waals surface area contributed by atoms with Crippen LogP contribution in [-0.4, -0.2) is 10.1 Å². The van der Waals surface area contributed by atoms with E-state index in [-0.39, 0.29) is 0 Å². The number of fused-ring (bicyclic) bond motifs is 1. The van der Waals surface area contributed by atoms with E-state index >= 15 is 0 Å². The lowest BCUT2D eigenvalue weighted by Crippen LogP contribution is -1.94. The van der Waals surface area contributed by atoms with Crippen molar-refractivity contribution >= 4 is 11.1 Å². The van der Waals surface area contributed by atoms with Crippen molar-refractivity contribution < 1.29 is 4.52 Å². The molecule has 0 bridgehead atoms. The van der Waals surface area contributed by atoms with Gasteiger partial charge in [0.15, 0.2) is 0 Å². The van der Waals surface area contributed by atoms with Gasteiger partial charge in [-0.1, -0.05) is 32.9 Å². The van der Waals surface area contributed by atoms with Gasteiger partial charge in [-0.25, -0.2) is 4.98 Å². The molecule has 2 aromatic rings. The van der Waals surface area contributed by atoms with Crippen molar-refractivity contribution in [2.24, 2.45) is 0 Å². The fourth-order valence-electron chi connectivity index (χ4n) is 1.80. The molecule has 0 amide bonds. The first-order chi connectivity index (χ1) is 7.11. The van der Waals surface area contributed by atoms with Gasteiger partial charge in [0.05, 0.1) is 11.1 Å². The molecule has 0 saturated carbocycles. The van der Waals surface area contributed by atoms with Crippen molar-refractivity contribution in [1.29, 1.82) is 0 Å². The Morgan fingerprint density at radius 1 is 1.13 bits per heavy atom. The Morgan fingerprint density at radius 2 is 1.87 bits per heavy atom. The molecule has 0 spiro atoms. The van der Waals surface area contributed by atoms with E-state index in [0.717, 1.165) is 11.1 Å². The molecule has 2 rings (SSSR count). The predicted molar refractivity (Wildman–Crippen MR) is 60.0 cm³/mol. The molecule has 0 fully saturated rings. The molecule has 0 radical (unpaired) electrons. The van der Waals surface area contributed by atoms with Gasteiger partial charge in [-0.15, -0.1) is 0 Å². The monoisotopic (exact) mass is 204 g/mol. The highest BCUT2D eigenvalue weighted by Gasteiger charge is 2.17. The van der Waals surface area contributed by atoms with Gasteiger partial charge in [-0.3, -0.25) is 0 Å². The Kier molecular flexibility index (Phi) is 2.47. The van der Waals surface area contributed by atoms with Crippen LogP contribution in [0, 0.1) is 0 Å². The minimum absolute atomic E-state index is 0.368. The van der Waals surface area contributed by atoms with Crippen LogP contribution in [-0.2, 0) is 0 Å². The molecule has 15 heavy (non-hydrogen) atoms. The molecule has 80 valence electrons. The molecule has 0 aromatic carbocycles. The summed E-state index contributed by atoms with van der Waals surface area (Å²) < 4.78 is 5.24. The van der Waals surface area contributed by atoms with Crippen molar-refractivity contribution in [3.8, 4) is 0 Å². The molecular weight excluding hydrogens is 188 g/mol. The Labute approximate surface area is 89.5 Å². The summed E-state index contributed by atoms with van der Waals surface area (Å²) in [4.78, 5) is 4.20. The standard InChI is InChI=1S/C12H16N2O/c1-7(2)9-5-6-13-12-10(9)11(8(3)4)14-15-12/h5-8H,1-4H3. The minimum Gasteiger partial charge on any atom is -0.336 e. The zero-order chi connectivity index (χ0) is 11.0. The van der Waals surface area contributed by atoms with Crippen LogP contribution in [0.3, 0.4) is 0 Å². The van der Waals surface area contributed by atoms with E-state index in [9.17, 15) is 0 Å². The summed E-state index contributed by atoms with van der Waals surface area (Å²) in [6, 6.07) is 2.05. The summed E-state index contributed by atoms with van der Waals surface area (Å²) in [6.45, 7) is 8.58. The molecule has 0 aliphatic rings. The van der Waals surface area contributed by atoms with Crippen molar-refractivity contribution in [2.75, 3.05) is 0 Å². The molecule has 3 heteroatoms. The van der Waals surface area contributed by atoms with Crippen LogP contribution < -0.4 is 0 Å². The molecular formula is C12H16N2O. The number of nitrogens with zero attached hydrogens (tertiary/aromatic N) is 2. The lowest BCUT2D eigenvalue weighted by molar-refractivity contribution is 0.434. The second-order valence-electron chi connectivity index (χ2n) is 4.46. The van der Waals surface area contributed by atoms with E-state index in [1.165, 1.54) is 5.56 Å². The molecule has 0 aliphatic heterocycles. The van der Waals surface area contributed by atoms with Crippen LogP contribution in [0.5, 0.6) is 0 Å². The molecule has 0 atom stereocenters. The third-order valence-electron chi connectivity index (χ3n) is 2.60. The fraction of sp³-hybridized carbons (Fsp3) is 0.500. The quantitative estimate of drug-likeness (QED) is 0.751. The number of aromatic nitrogens is 2. The average Bonchev–Trinajstić information content (AvgIpc) is 2.60. The number of pyridine rings is 1. The highest BCUT2D eigenvalue weighted by atomic mass is 16.5. The summed E-state index contributed by atoms with van der Waals surface area (Å²) in [5.41, 5.74) is 2.94. The van der Waals surface area contributed by atoms with E-state index in [1.54, 1.807) is 6.20 Å². The van der Waals surface area contributed by atoms with Crippen LogP contribution in [0.1, 0.15) is 50.8 Å². The Bertz CT molecular complexity index is 471. The van der Waals surface area contributed by atoms with Gasteiger partial charge >= 0.3 is 0 Å². The molecule has 0 aliphatic carbocycles. The largest absolute Gasteiger partial charge is 0.336 e. The third kappa shape index (κ3) is 1.62. The molecule has 2 heterocycles. The van der Waals surface area contributed by atoms with Gasteiger partial charge < -0.3 is 4.52 Å². The summed E-state index contributed by atoms with van der Waals surface area (Å²) in [5.74, 6) is 0.834. The Balaban J connectivity index is 2.75. The Morgan fingerprint density at radius 3 is 2.47 bits per heavy atom. The van der Waals surface area contributed by atoms with Crippen molar-refractivity contribution in [3.63, 3.8) is 0 Å². The van der Waals surface area contributed by atoms with Gasteiger partial charge in [0.1, 0.15) is 0 Å². The maximum Gasteiger partial charge on any atom is 0.258 e. The fourth-order valence-corrected chi connectivity index (χ4v) is 1.80. The van der Waals surface area contributed by atoms with Crippen LogP contribution >= 0.6 is 0 Å². The zero-order valence-corrected chi connectivity index (χ0v) is 9.61. The molecule has 0 unspecified atom stereocenters. The highest BCUT2D eigenvalue weighted by Crippen LogP contribution is 2.30. The molecule has 0 N–H and O–H groups in total. The van der Waals surface area contributed by atoms with Gasteiger partial charge in [0, 0.05) is 6.20 Å². The van der Waals surface area contributed by atoms with Crippen LogP contribution in [0.2, 0.25) is 0 Å².